The summed E-state index contributed by atoms with van der Waals surface area (Å²) in [6, 6.07) is 5.15. The van der Waals surface area contributed by atoms with Crippen LogP contribution >= 0.6 is 15.9 Å². The maximum absolute atomic E-state index is 13.3. The third-order valence-corrected chi connectivity index (χ3v) is 4.83. The normalized spacial score (nSPS) is 11.3. The van der Waals surface area contributed by atoms with Gasteiger partial charge in [-0.3, -0.25) is 4.72 Å². The van der Waals surface area contributed by atoms with Crippen molar-refractivity contribution >= 4 is 37.5 Å². The molecule has 0 amide bonds. The summed E-state index contributed by atoms with van der Waals surface area (Å²) in [5.41, 5.74) is 5.84. The number of halogens is 2. The zero-order chi connectivity index (χ0) is 14.9. The number of aromatic nitrogens is 1. The predicted octanol–water partition coefficient (Wildman–Crippen LogP) is 2.67. The standard InChI is InChI=1S/C12H11BrFN3O2S/c1-7-5-11(16-6-8(7)13)17-20(18,19)10-4-2-3-9(14)12(10)15/h2-6H,15H2,1H3,(H,16,17). The highest BCUT2D eigenvalue weighted by Crippen LogP contribution is 2.24. The molecule has 3 N–H and O–H groups in total. The minimum atomic E-state index is -3.99. The minimum Gasteiger partial charge on any atom is -0.395 e. The average molecular weight is 360 g/mol. The number of pyridine rings is 1. The number of nitrogens with zero attached hydrogens (tertiary/aromatic N) is 1. The summed E-state index contributed by atoms with van der Waals surface area (Å²) in [6.45, 7) is 1.79. The highest BCUT2D eigenvalue weighted by molar-refractivity contribution is 9.10. The van der Waals surface area contributed by atoms with Crippen LogP contribution in [0, 0.1) is 12.7 Å². The van der Waals surface area contributed by atoms with Gasteiger partial charge in [-0.25, -0.2) is 17.8 Å². The van der Waals surface area contributed by atoms with Gasteiger partial charge in [0.2, 0.25) is 0 Å². The molecule has 0 saturated carbocycles. The van der Waals surface area contributed by atoms with Crippen molar-refractivity contribution in [3.63, 3.8) is 0 Å². The van der Waals surface area contributed by atoms with Crippen molar-refractivity contribution in [3.8, 4) is 0 Å². The third-order valence-electron chi connectivity index (χ3n) is 2.59. The number of benzene rings is 1. The Balaban J connectivity index is 2.41. The van der Waals surface area contributed by atoms with Crippen molar-refractivity contribution in [3.05, 3.63) is 46.3 Å². The molecule has 0 fully saturated rings. The van der Waals surface area contributed by atoms with Crippen LogP contribution < -0.4 is 10.5 Å². The number of para-hydroxylation sites is 1. The van der Waals surface area contributed by atoms with Crippen molar-refractivity contribution in [2.24, 2.45) is 0 Å². The molecule has 0 aliphatic rings. The van der Waals surface area contributed by atoms with Crippen LogP contribution in [0.2, 0.25) is 0 Å². The number of rotatable bonds is 3. The summed E-state index contributed by atoms with van der Waals surface area (Å²) >= 11 is 3.27. The Morgan fingerprint density at radius 1 is 1.40 bits per heavy atom. The quantitative estimate of drug-likeness (QED) is 0.825. The molecule has 1 aromatic heterocycles. The van der Waals surface area contributed by atoms with Gasteiger partial charge in [-0.15, -0.1) is 0 Å². The van der Waals surface area contributed by atoms with E-state index in [1.165, 1.54) is 18.3 Å². The summed E-state index contributed by atoms with van der Waals surface area (Å²) in [5.74, 6) is -0.651. The van der Waals surface area contributed by atoms with Crippen LogP contribution in [0.25, 0.3) is 0 Å². The lowest BCUT2D eigenvalue weighted by Gasteiger charge is -2.10. The third kappa shape index (κ3) is 2.91. The zero-order valence-electron chi connectivity index (χ0n) is 10.4. The van der Waals surface area contributed by atoms with Gasteiger partial charge in [-0.1, -0.05) is 6.07 Å². The molecule has 2 rings (SSSR count). The maximum atomic E-state index is 13.3. The molecule has 0 unspecified atom stereocenters. The van der Waals surface area contributed by atoms with Crippen LogP contribution in [0.4, 0.5) is 15.9 Å². The van der Waals surface area contributed by atoms with Crippen LogP contribution in [0.3, 0.4) is 0 Å². The number of nitrogens with one attached hydrogen (secondary N) is 1. The van der Waals surface area contributed by atoms with Gasteiger partial charge >= 0.3 is 0 Å². The molecule has 8 heteroatoms. The fraction of sp³-hybridized carbons (Fsp3) is 0.0833. The highest BCUT2D eigenvalue weighted by Gasteiger charge is 2.20. The van der Waals surface area contributed by atoms with Crippen LogP contribution in [0.5, 0.6) is 0 Å². The second-order valence-corrected chi connectivity index (χ2v) is 6.58. The van der Waals surface area contributed by atoms with Gasteiger partial charge in [0, 0.05) is 10.7 Å². The van der Waals surface area contributed by atoms with E-state index in [0.29, 0.717) is 0 Å². The molecule has 20 heavy (non-hydrogen) atoms. The van der Waals surface area contributed by atoms with Crippen molar-refractivity contribution in [2.45, 2.75) is 11.8 Å². The Bertz CT molecular complexity index is 765. The average Bonchev–Trinajstić information content (AvgIpc) is 2.36. The number of nitrogens with two attached hydrogens (primary N) is 1. The number of anilines is 2. The second kappa shape index (κ2) is 5.37. The Morgan fingerprint density at radius 2 is 2.10 bits per heavy atom. The van der Waals surface area contributed by atoms with E-state index in [-0.39, 0.29) is 10.7 Å². The molecule has 106 valence electrons. The Morgan fingerprint density at radius 3 is 2.75 bits per heavy atom. The van der Waals surface area contributed by atoms with Crippen LogP contribution in [0.1, 0.15) is 5.56 Å². The molecule has 0 aliphatic heterocycles. The van der Waals surface area contributed by atoms with Crippen LogP contribution in [0.15, 0.2) is 39.8 Å². The van der Waals surface area contributed by atoms with Crippen molar-refractivity contribution < 1.29 is 12.8 Å². The first-order chi connectivity index (χ1) is 9.31. The number of hydrogen-bond acceptors (Lipinski definition) is 4. The lowest BCUT2D eigenvalue weighted by molar-refractivity contribution is 0.597. The van der Waals surface area contributed by atoms with Gasteiger partial charge in [0.25, 0.3) is 10.0 Å². The lowest BCUT2D eigenvalue weighted by Crippen LogP contribution is -2.16. The Labute approximate surface area is 124 Å². The lowest BCUT2D eigenvalue weighted by atomic mass is 10.3. The molecule has 0 radical (unpaired) electrons. The molecule has 0 saturated heterocycles. The summed E-state index contributed by atoms with van der Waals surface area (Å²) in [5, 5.41) is 0. The fourth-order valence-electron chi connectivity index (χ4n) is 1.54. The number of aryl methyl sites for hydroxylation is 1. The summed E-state index contributed by atoms with van der Waals surface area (Å²) in [7, 11) is -3.99. The van der Waals surface area contributed by atoms with E-state index < -0.39 is 21.5 Å². The number of hydrogen-bond donors (Lipinski definition) is 2. The number of sulfonamides is 1. The summed E-state index contributed by atoms with van der Waals surface area (Å²) < 4.78 is 40.7. The molecule has 0 aliphatic carbocycles. The van der Waals surface area contributed by atoms with Crippen molar-refractivity contribution in [2.75, 3.05) is 10.5 Å². The predicted molar refractivity (Wildman–Crippen MR) is 78.3 cm³/mol. The van der Waals surface area contributed by atoms with Gasteiger partial charge in [0.05, 0.1) is 5.69 Å². The van der Waals surface area contributed by atoms with Gasteiger partial charge in [0.15, 0.2) is 0 Å². The molecule has 5 nitrogen and oxygen atoms in total. The van der Waals surface area contributed by atoms with Gasteiger partial charge in [-0.05, 0) is 46.6 Å². The zero-order valence-corrected chi connectivity index (χ0v) is 12.8. The molecule has 1 aromatic carbocycles. The van der Waals surface area contributed by atoms with E-state index in [9.17, 15) is 12.8 Å². The van der Waals surface area contributed by atoms with E-state index in [4.69, 9.17) is 5.73 Å². The van der Waals surface area contributed by atoms with E-state index in [0.717, 1.165) is 16.1 Å². The first-order valence-corrected chi connectivity index (χ1v) is 7.78. The molecule has 2 aromatic rings. The fourth-order valence-corrected chi connectivity index (χ4v) is 2.90. The van der Waals surface area contributed by atoms with Crippen molar-refractivity contribution in [1.82, 2.24) is 4.98 Å². The topological polar surface area (TPSA) is 85.1 Å². The molecule has 0 bridgehead atoms. The first-order valence-electron chi connectivity index (χ1n) is 5.50. The van der Waals surface area contributed by atoms with E-state index in [2.05, 4.69) is 25.6 Å². The van der Waals surface area contributed by atoms with Gasteiger partial charge in [-0.2, -0.15) is 0 Å². The van der Waals surface area contributed by atoms with Crippen LogP contribution in [-0.4, -0.2) is 13.4 Å². The molecule has 1 heterocycles. The van der Waals surface area contributed by atoms with Crippen LogP contribution in [-0.2, 0) is 10.0 Å². The largest absolute Gasteiger partial charge is 0.395 e. The second-order valence-electron chi connectivity index (χ2n) is 4.08. The number of nitrogen functional groups attached to an aromatic ring is 1. The molecular weight excluding hydrogens is 349 g/mol. The van der Waals surface area contributed by atoms with Crippen molar-refractivity contribution in [1.29, 1.82) is 0 Å². The monoisotopic (exact) mass is 359 g/mol. The van der Waals surface area contributed by atoms with E-state index >= 15 is 0 Å². The maximum Gasteiger partial charge on any atom is 0.265 e. The minimum absolute atomic E-state index is 0.134. The van der Waals surface area contributed by atoms with E-state index in [1.807, 2.05) is 0 Å². The summed E-state index contributed by atoms with van der Waals surface area (Å²) in [6.07, 6.45) is 1.47. The molecular formula is C12H11BrFN3O2S. The Hall–Kier alpha value is -1.67. The molecule has 0 atom stereocenters. The smallest absolute Gasteiger partial charge is 0.265 e. The Kier molecular flexibility index (Phi) is 3.96. The SMILES string of the molecule is Cc1cc(NS(=O)(=O)c2cccc(F)c2N)ncc1Br. The molecule has 0 spiro atoms. The first kappa shape index (κ1) is 14.7. The van der Waals surface area contributed by atoms with E-state index in [1.54, 1.807) is 13.0 Å². The summed E-state index contributed by atoms with van der Waals surface area (Å²) in [4.78, 5) is 3.61. The highest BCUT2D eigenvalue weighted by atomic mass is 79.9. The van der Waals surface area contributed by atoms with Gasteiger partial charge < -0.3 is 5.73 Å². The van der Waals surface area contributed by atoms with Gasteiger partial charge in [0.1, 0.15) is 16.5 Å².